The average molecular weight is 266 g/mol. The molecule has 6 heteroatoms. The van der Waals surface area contributed by atoms with Crippen LogP contribution in [0.1, 0.15) is 5.76 Å². The van der Waals surface area contributed by atoms with Crippen LogP contribution >= 0.6 is 11.6 Å². The highest BCUT2D eigenvalue weighted by Crippen LogP contribution is 2.18. The largest absolute Gasteiger partial charge is 0.467 e. The van der Waals surface area contributed by atoms with Crippen LogP contribution in [0.5, 0.6) is 0 Å². The second-order valence-electron chi connectivity index (χ2n) is 3.71. The second-order valence-corrected chi connectivity index (χ2v) is 4.07. The molecular formula is C12H12ClN3O2. The van der Waals surface area contributed by atoms with Gasteiger partial charge in [0.15, 0.2) is 5.15 Å². The molecule has 5 nitrogen and oxygen atoms in total. The van der Waals surface area contributed by atoms with Crippen molar-refractivity contribution >= 4 is 23.3 Å². The molecule has 1 N–H and O–H groups in total. The number of nitrogens with zero attached hydrogens (tertiary/aromatic N) is 2. The van der Waals surface area contributed by atoms with Crippen molar-refractivity contribution in [3.8, 4) is 0 Å². The van der Waals surface area contributed by atoms with E-state index in [1.54, 1.807) is 43.8 Å². The fraction of sp³-hybridized carbons (Fsp3) is 0.167. The number of pyridine rings is 1. The van der Waals surface area contributed by atoms with E-state index in [-0.39, 0.29) is 11.2 Å². The molecule has 0 aliphatic heterocycles. The van der Waals surface area contributed by atoms with Gasteiger partial charge in [-0.25, -0.2) is 9.78 Å². The van der Waals surface area contributed by atoms with Crippen LogP contribution in [0.3, 0.4) is 0 Å². The Morgan fingerprint density at radius 3 is 3.00 bits per heavy atom. The van der Waals surface area contributed by atoms with E-state index in [1.807, 2.05) is 0 Å². The number of nitrogens with one attached hydrogen (secondary N) is 1. The van der Waals surface area contributed by atoms with Crippen LogP contribution in [-0.2, 0) is 6.54 Å². The highest BCUT2D eigenvalue weighted by Gasteiger charge is 2.12. The summed E-state index contributed by atoms with van der Waals surface area (Å²) in [5.41, 5.74) is 0.482. The van der Waals surface area contributed by atoms with Crippen LogP contribution in [0, 0.1) is 0 Å². The van der Waals surface area contributed by atoms with Crippen molar-refractivity contribution in [2.24, 2.45) is 0 Å². The molecule has 0 bridgehead atoms. The topological polar surface area (TPSA) is 58.4 Å². The van der Waals surface area contributed by atoms with E-state index >= 15 is 0 Å². The third-order valence-electron chi connectivity index (χ3n) is 2.32. The average Bonchev–Trinajstić information content (AvgIpc) is 2.84. The number of hydrogen-bond donors (Lipinski definition) is 1. The lowest BCUT2D eigenvalue weighted by molar-refractivity contribution is 0.217. The van der Waals surface area contributed by atoms with Gasteiger partial charge in [-0.05, 0) is 24.3 Å². The summed E-state index contributed by atoms with van der Waals surface area (Å²) in [4.78, 5) is 17.2. The Kier molecular flexibility index (Phi) is 3.84. The first-order chi connectivity index (χ1) is 8.66. The Balaban J connectivity index is 1.98. The van der Waals surface area contributed by atoms with Crippen LogP contribution in [0.25, 0.3) is 0 Å². The van der Waals surface area contributed by atoms with Crippen LogP contribution in [0.4, 0.5) is 10.5 Å². The van der Waals surface area contributed by atoms with Crippen LogP contribution in [-0.4, -0.2) is 23.0 Å². The van der Waals surface area contributed by atoms with Gasteiger partial charge in [-0.2, -0.15) is 0 Å². The van der Waals surface area contributed by atoms with Crippen molar-refractivity contribution in [1.82, 2.24) is 9.88 Å². The Bertz CT molecular complexity index is 528. The number of anilines is 1. The number of carbonyl (C=O) groups is 1. The lowest BCUT2D eigenvalue weighted by atomic mass is 10.4. The summed E-state index contributed by atoms with van der Waals surface area (Å²) in [5, 5.41) is 2.93. The van der Waals surface area contributed by atoms with Gasteiger partial charge in [0.1, 0.15) is 5.76 Å². The maximum absolute atomic E-state index is 11.9. The molecule has 0 saturated heterocycles. The zero-order chi connectivity index (χ0) is 13.0. The highest BCUT2D eigenvalue weighted by atomic mass is 35.5. The Morgan fingerprint density at radius 2 is 2.33 bits per heavy atom. The zero-order valence-corrected chi connectivity index (χ0v) is 10.5. The smallest absolute Gasteiger partial charge is 0.322 e. The van der Waals surface area contributed by atoms with Gasteiger partial charge in [0.05, 0.1) is 18.5 Å². The highest BCUT2D eigenvalue weighted by molar-refractivity contribution is 6.32. The number of halogens is 1. The summed E-state index contributed by atoms with van der Waals surface area (Å²) in [7, 11) is 1.67. The van der Waals surface area contributed by atoms with Gasteiger partial charge in [-0.1, -0.05) is 11.6 Å². The normalized spacial score (nSPS) is 10.1. The molecule has 0 aromatic carbocycles. The molecule has 0 spiro atoms. The minimum atomic E-state index is -0.277. The van der Waals surface area contributed by atoms with Crippen molar-refractivity contribution in [3.05, 3.63) is 47.6 Å². The summed E-state index contributed by atoms with van der Waals surface area (Å²) in [6.45, 7) is 0.386. The zero-order valence-electron chi connectivity index (χ0n) is 9.76. The number of carbonyl (C=O) groups excluding carboxylic acids is 1. The van der Waals surface area contributed by atoms with Gasteiger partial charge >= 0.3 is 6.03 Å². The number of rotatable bonds is 3. The fourth-order valence-corrected chi connectivity index (χ4v) is 1.56. The standard InChI is InChI=1S/C12H12ClN3O2/c1-16(8-9-4-3-7-18-9)12(17)15-10-5-2-6-14-11(10)13/h2-7H,8H2,1H3,(H,15,17). The number of aromatic nitrogens is 1. The number of amides is 2. The Labute approximate surface area is 109 Å². The van der Waals surface area contributed by atoms with Crippen molar-refractivity contribution in [1.29, 1.82) is 0 Å². The molecular weight excluding hydrogens is 254 g/mol. The van der Waals surface area contributed by atoms with Crippen molar-refractivity contribution in [2.45, 2.75) is 6.54 Å². The quantitative estimate of drug-likeness (QED) is 0.868. The number of furan rings is 1. The predicted molar refractivity (Wildman–Crippen MR) is 68.4 cm³/mol. The maximum atomic E-state index is 11.9. The molecule has 2 aromatic heterocycles. The second kappa shape index (κ2) is 5.55. The molecule has 0 radical (unpaired) electrons. The monoisotopic (exact) mass is 265 g/mol. The molecule has 18 heavy (non-hydrogen) atoms. The van der Waals surface area contributed by atoms with E-state index < -0.39 is 0 Å². The third-order valence-corrected chi connectivity index (χ3v) is 2.62. The first-order valence-electron chi connectivity index (χ1n) is 5.32. The molecule has 0 saturated carbocycles. The van der Waals surface area contributed by atoms with Crippen molar-refractivity contribution < 1.29 is 9.21 Å². The molecule has 0 unspecified atom stereocenters. The van der Waals surface area contributed by atoms with Crippen LogP contribution in [0.15, 0.2) is 41.1 Å². The lowest BCUT2D eigenvalue weighted by Crippen LogP contribution is -2.30. The first kappa shape index (κ1) is 12.4. The van der Waals surface area contributed by atoms with Crippen LogP contribution in [0.2, 0.25) is 5.15 Å². The lowest BCUT2D eigenvalue weighted by Gasteiger charge is -2.16. The molecule has 0 fully saturated rings. The van der Waals surface area contributed by atoms with Gasteiger partial charge in [0.25, 0.3) is 0 Å². The van der Waals surface area contributed by atoms with E-state index in [0.717, 1.165) is 0 Å². The van der Waals surface area contributed by atoms with Gasteiger partial charge < -0.3 is 14.6 Å². The first-order valence-corrected chi connectivity index (χ1v) is 5.69. The summed E-state index contributed by atoms with van der Waals surface area (Å²) in [6.07, 6.45) is 3.13. The van der Waals surface area contributed by atoms with E-state index in [0.29, 0.717) is 18.0 Å². The Morgan fingerprint density at radius 1 is 1.50 bits per heavy atom. The molecule has 94 valence electrons. The molecule has 2 amide bonds. The van der Waals surface area contributed by atoms with Gasteiger partial charge in [-0.15, -0.1) is 0 Å². The number of hydrogen-bond acceptors (Lipinski definition) is 3. The van der Waals surface area contributed by atoms with Crippen molar-refractivity contribution in [3.63, 3.8) is 0 Å². The molecule has 2 heterocycles. The molecule has 0 aliphatic carbocycles. The van der Waals surface area contributed by atoms with Crippen molar-refractivity contribution in [2.75, 3.05) is 12.4 Å². The van der Waals surface area contributed by atoms with Crippen LogP contribution < -0.4 is 5.32 Å². The molecule has 2 rings (SSSR count). The minimum Gasteiger partial charge on any atom is -0.467 e. The van der Waals surface area contributed by atoms with E-state index in [9.17, 15) is 4.79 Å². The summed E-state index contributed by atoms with van der Waals surface area (Å²) < 4.78 is 5.17. The van der Waals surface area contributed by atoms with E-state index in [2.05, 4.69) is 10.3 Å². The fourth-order valence-electron chi connectivity index (χ4n) is 1.40. The SMILES string of the molecule is CN(Cc1ccco1)C(=O)Nc1cccnc1Cl. The molecule has 0 aliphatic rings. The van der Waals surface area contributed by atoms with Gasteiger partial charge in [0.2, 0.25) is 0 Å². The third kappa shape index (κ3) is 3.01. The minimum absolute atomic E-state index is 0.261. The Hall–Kier alpha value is -2.01. The predicted octanol–water partition coefficient (Wildman–Crippen LogP) is 2.99. The number of urea groups is 1. The molecule has 2 aromatic rings. The summed E-state index contributed by atoms with van der Waals surface area (Å²) in [5.74, 6) is 0.713. The molecule has 0 atom stereocenters. The van der Waals surface area contributed by atoms with E-state index in [1.165, 1.54) is 4.90 Å². The van der Waals surface area contributed by atoms with Gasteiger partial charge in [-0.3, -0.25) is 0 Å². The summed E-state index contributed by atoms with van der Waals surface area (Å²) in [6, 6.07) is 6.70. The van der Waals surface area contributed by atoms with E-state index in [4.69, 9.17) is 16.0 Å². The summed E-state index contributed by atoms with van der Waals surface area (Å²) >= 11 is 5.85. The maximum Gasteiger partial charge on any atom is 0.322 e. The van der Waals surface area contributed by atoms with Gasteiger partial charge in [0, 0.05) is 13.2 Å².